The van der Waals surface area contributed by atoms with E-state index in [1.807, 2.05) is 25.8 Å². The predicted octanol–water partition coefficient (Wildman–Crippen LogP) is 2.05. The lowest BCUT2D eigenvalue weighted by molar-refractivity contribution is 0.0760. The maximum Gasteiger partial charge on any atom is 0.257 e. The van der Waals surface area contributed by atoms with Gasteiger partial charge >= 0.3 is 0 Å². The van der Waals surface area contributed by atoms with Crippen LogP contribution in [-0.2, 0) is 7.05 Å². The van der Waals surface area contributed by atoms with Gasteiger partial charge in [-0.3, -0.25) is 9.48 Å². The molecule has 0 aromatic carbocycles. The number of amides is 1. The zero-order valence-corrected chi connectivity index (χ0v) is 11.0. The second-order valence-electron chi connectivity index (χ2n) is 4.88. The van der Waals surface area contributed by atoms with Gasteiger partial charge in [0.25, 0.3) is 5.91 Å². The second-order valence-corrected chi connectivity index (χ2v) is 4.88. The summed E-state index contributed by atoms with van der Waals surface area (Å²) in [6.07, 6.45) is 4.75. The molecule has 0 atom stereocenters. The highest BCUT2D eigenvalue weighted by molar-refractivity contribution is 5.96. The third-order valence-electron chi connectivity index (χ3n) is 3.62. The Morgan fingerprint density at radius 1 is 1.12 bits per heavy atom. The maximum absolute atomic E-state index is 12.5. The molecule has 1 fully saturated rings. The summed E-state index contributed by atoms with van der Waals surface area (Å²) in [6.45, 7) is 5.67. The average molecular weight is 235 g/mol. The fourth-order valence-electron chi connectivity index (χ4n) is 2.52. The molecule has 1 aromatic rings. The average Bonchev–Trinajstić information content (AvgIpc) is 2.52. The summed E-state index contributed by atoms with van der Waals surface area (Å²) in [7, 11) is 1.89. The normalized spacial score (nSPS) is 17.0. The number of carbonyl (C=O) groups excluding carboxylic acids is 1. The molecular weight excluding hydrogens is 214 g/mol. The Morgan fingerprint density at radius 2 is 1.71 bits per heavy atom. The molecule has 94 valence electrons. The minimum absolute atomic E-state index is 0.162. The van der Waals surface area contributed by atoms with Crippen LogP contribution in [0.5, 0.6) is 0 Å². The highest BCUT2D eigenvalue weighted by Gasteiger charge is 2.23. The molecule has 1 aliphatic rings. The third kappa shape index (κ3) is 2.35. The zero-order chi connectivity index (χ0) is 12.4. The Bertz CT molecular complexity index is 415. The summed E-state index contributed by atoms with van der Waals surface area (Å²) < 4.78 is 1.79. The van der Waals surface area contributed by atoms with Gasteiger partial charge in [-0.1, -0.05) is 12.8 Å². The molecule has 2 heterocycles. The first-order chi connectivity index (χ1) is 8.11. The van der Waals surface area contributed by atoms with Crippen molar-refractivity contribution in [1.29, 1.82) is 0 Å². The minimum Gasteiger partial charge on any atom is -0.339 e. The highest BCUT2D eigenvalue weighted by atomic mass is 16.2. The van der Waals surface area contributed by atoms with Gasteiger partial charge in [-0.15, -0.1) is 0 Å². The van der Waals surface area contributed by atoms with Crippen LogP contribution in [0, 0.1) is 13.8 Å². The Balaban J connectivity index is 2.23. The van der Waals surface area contributed by atoms with Gasteiger partial charge in [0, 0.05) is 25.8 Å². The van der Waals surface area contributed by atoms with E-state index in [0.29, 0.717) is 0 Å². The number of aryl methyl sites for hydroxylation is 2. The van der Waals surface area contributed by atoms with Crippen LogP contribution < -0.4 is 0 Å². The first-order valence-electron chi connectivity index (χ1n) is 6.40. The van der Waals surface area contributed by atoms with Crippen LogP contribution in [0.2, 0.25) is 0 Å². The van der Waals surface area contributed by atoms with E-state index in [1.54, 1.807) is 4.68 Å². The van der Waals surface area contributed by atoms with Crippen LogP contribution in [0.1, 0.15) is 47.4 Å². The van der Waals surface area contributed by atoms with E-state index >= 15 is 0 Å². The van der Waals surface area contributed by atoms with Gasteiger partial charge in [-0.2, -0.15) is 5.10 Å². The van der Waals surface area contributed by atoms with Gasteiger partial charge in [0.2, 0.25) is 0 Å². The molecule has 1 aliphatic heterocycles. The van der Waals surface area contributed by atoms with Crippen molar-refractivity contribution in [2.75, 3.05) is 13.1 Å². The molecule has 1 aromatic heterocycles. The SMILES string of the molecule is Cc1nn(C)c(C)c1C(=O)N1CCCCCC1. The van der Waals surface area contributed by atoms with Crippen molar-refractivity contribution in [2.24, 2.45) is 7.05 Å². The Morgan fingerprint density at radius 3 is 2.18 bits per heavy atom. The van der Waals surface area contributed by atoms with Crippen molar-refractivity contribution in [2.45, 2.75) is 39.5 Å². The summed E-state index contributed by atoms with van der Waals surface area (Å²) in [4.78, 5) is 14.5. The molecule has 17 heavy (non-hydrogen) atoms. The summed E-state index contributed by atoms with van der Waals surface area (Å²) >= 11 is 0. The highest BCUT2D eigenvalue weighted by Crippen LogP contribution is 2.18. The molecule has 0 spiro atoms. The molecule has 2 rings (SSSR count). The topological polar surface area (TPSA) is 38.1 Å². The van der Waals surface area contributed by atoms with Gasteiger partial charge < -0.3 is 4.90 Å². The molecule has 0 aliphatic carbocycles. The standard InChI is InChI=1S/C13H21N3O/c1-10-12(11(2)15(3)14-10)13(17)16-8-6-4-5-7-9-16/h4-9H2,1-3H3. The summed E-state index contributed by atoms with van der Waals surface area (Å²) in [6, 6.07) is 0. The lowest BCUT2D eigenvalue weighted by Crippen LogP contribution is -2.32. The van der Waals surface area contributed by atoms with Crippen molar-refractivity contribution < 1.29 is 4.79 Å². The number of hydrogen-bond donors (Lipinski definition) is 0. The third-order valence-corrected chi connectivity index (χ3v) is 3.62. The van der Waals surface area contributed by atoms with E-state index in [1.165, 1.54) is 12.8 Å². The molecule has 0 N–H and O–H groups in total. The van der Waals surface area contributed by atoms with E-state index in [-0.39, 0.29) is 5.91 Å². The number of hydrogen-bond acceptors (Lipinski definition) is 2. The Labute approximate surface area is 103 Å². The van der Waals surface area contributed by atoms with Gasteiger partial charge in [0.15, 0.2) is 0 Å². The molecule has 1 saturated heterocycles. The van der Waals surface area contributed by atoms with Crippen molar-refractivity contribution in [3.63, 3.8) is 0 Å². The van der Waals surface area contributed by atoms with Crippen LogP contribution in [0.3, 0.4) is 0 Å². The molecule has 0 radical (unpaired) electrons. The van der Waals surface area contributed by atoms with E-state index in [2.05, 4.69) is 5.10 Å². The lowest BCUT2D eigenvalue weighted by Gasteiger charge is -2.20. The van der Waals surface area contributed by atoms with Gasteiger partial charge in [-0.25, -0.2) is 0 Å². The number of nitrogens with zero attached hydrogens (tertiary/aromatic N) is 3. The van der Waals surface area contributed by atoms with Crippen LogP contribution in [-0.4, -0.2) is 33.7 Å². The van der Waals surface area contributed by atoms with Gasteiger partial charge in [0.05, 0.1) is 11.3 Å². The Hall–Kier alpha value is -1.32. The quantitative estimate of drug-likeness (QED) is 0.747. The molecule has 0 saturated carbocycles. The first-order valence-corrected chi connectivity index (χ1v) is 6.40. The van der Waals surface area contributed by atoms with Crippen LogP contribution in [0.25, 0.3) is 0 Å². The molecule has 0 unspecified atom stereocenters. The number of carbonyl (C=O) groups is 1. The van der Waals surface area contributed by atoms with E-state index in [0.717, 1.165) is 42.9 Å². The fraction of sp³-hybridized carbons (Fsp3) is 0.692. The van der Waals surface area contributed by atoms with E-state index in [4.69, 9.17) is 0 Å². The van der Waals surface area contributed by atoms with Gasteiger partial charge in [0.1, 0.15) is 0 Å². The first kappa shape index (κ1) is 12.1. The summed E-state index contributed by atoms with van der Waals surface area (Å²) in [5.74, 6) is 0.162. The van der Waals surface area contributed by atoms with Crippen LogP contribution in [0.15, 0.2) is 0 Å². The molecule has 1 amide bonds. The fourth-order valence-corrected chi connectivity index (χ4v) is 2.52. The minimum atomic E-state index is 0.162. The van der Waals surface area contributed by atoms with Gasteiger partial charge in [-0.05, 0) is 26.7 Å². The summed E-state index contributed by atoms with van der Waals surface area (Å²) in [5, 5.41) is 4.32. The number of likely N-dealkylation sites (tertiary alicyclic amines) is 1. The smallest absolute Gasteiger partial charge is 0.257 e. The predicted molar refractivity (Wildman–Crippen MR) is 67.1 cm³/mol. The number of aromatic nitrogens is 2. The van der Waals surface area contributed by atoms with Crippen LogP contribution >= 0.6 is 0 Å². The molecule has 4 heteroatoms. The van der Waals surface area contributed by atoms with Crippen molar-refractivity contribution >= 4 is 5.91 Å². The van der Waals surface area contributed by atoms with Crippen molar-refractivity contribution in [3.8, 4) is 0 Å². The van der Waals surface area contributed by atoms with E-state index in [9.17, 15) is 4.79 Å². The number of rotatable bonds is 1. The monoisotopic (exact) mass is 235 g/mol. The molecule has 4 nitrogen and oxygen atoms in total. The van der Waals surface area contributed by atoms with Crippen molar-refractivity contribution in [1.82, 2.24) is 14.7 Å². The lowest BCUT2D eigenvalue weighted by atomic mass is 10.1. The molecule has 0 bridgehead atoms. The van der Waals surface area contributed by atoms with Crippen LogP contribution in [0.4, 0.5) is 0 Å². The zero-order valence-electron chi connectivity index (χ0n) is 11.0. The largest absolute Gasteiger partial charge is 0.339 e. The molecular formula is C13H21N3O. The summed E-state index contributed by atoms with van der Waals surface area (Å²) in [5.41, 5.74) is 2.62. The van der Waals surface area contributed by atoms with Crippen molar-refractivity contribution in [3.05, 3.63) is 17.0 Å². The second kappa shape index (κ2) is 4.90. The van der Waals surface area contributed by atoms with E-state index < -0.39 is 0 Å². The Kier molecular flexibility index (Phi) is 3.50. The maximum atomic E-state index is 12.5.